The van der Waals surface area contributed by atoms with Gasteiger partial charge in [-0.3, -0.25) is 9.78 Å². The van der Waals surface area contributed by atoms with Gasteiger partial charge >= 0.3 is 0 Å². The second-order valence-corrected chi connectivity index (χ2v) is 4.20. The summed E-state index contributed by atoms with van der Waals surface area (Å²) in [5, 5.41) is 1.87. The highest BCUT2D eigenvalue weighted by molar-refractivity contribution is 6.09. The largest absolute Gasteiger partial charge is 0.376 e. The number of ketones is 1. The molecule has 3 rings (SSSR count). The first kappa shape index (κ1) is 11.3. The van der Waals surface area contributed by atoms with Crippen LogP contribution in [0.3, 0.4) is 0 Å². The average molecular weight is 243 g/mol. The van der Waals surface area contributed by atoms with Crippen LogP contribution in [0, 0.1) is 0 Å². The van der Waals surface area contributed by atoms with Crippen molar-refractivity contribution in [2.75, 3.05) is 19.8 Å². The van der Waals surface area contributed by atoms with Crippen LogP contribution >= 0.6 is 0 Å². The number of Topliss-reactive ketones (excluding diaryl/α,β-unsaturated/α-hetero) is 1. The molecule has 1 fully saturated rings. The Balaban J connectivity index is 2.00. The van der Waals surface area contributed by atoms with E-state index in [4.69, 9.17) is 9.47 Å². The van der Waals surface area contributed by atoms with Gasteiger partial charge in [0.15, 0.2) is 5.78 Å². The lowest BCUT2D eigenvalue weighted by molar-refractivity contribution is -0.0718. The summed E-state index contributed by atoms with van der Waals surface area (Å²) in [6.07, 6.45) is 2.94. The van der Waals surface area contributed by atoms with Crippen LogP contribution in [0.5, 0.6) is 0 Å². The Hall–Kier alpha value is -1.78. The van der Waals surface area contributed by atoms with E-state index in [1.807, 2.05) is 24.3 Å². The molecule has 1 atom stereocenters. The molecule has 18 heavy (non-hydrogen) atoms. The molecule has 1 aliphatic rings. The molecule has 1 aliphatic heterocycles. The molecular weight excluding hydrogens is 230 g/mol. The summed E-state index contributed by atoms with van der Waals surface area (Å²) in [5.41, 5.74) is 0.649. The molecule has 1 aromatic carbocycles. The number of carbonyl (C=O) groups excluding carboxylic acids is 1. The van der Waals surface area contributed by atoms with Crippen LogP contribution in [0.1, 0.15) is 10.4 Å². The fourth-order valence-electron chi connectivity index (χ4n) is 2.14. The summed E-state index contributed by atoms with van der Waals surface area (Å²) < 4.78 is 10.7. The average Bonchev–Trinajstić information content (AvgIpc) is 2.47. The second-order valence-electron chi connectivity index (χ2n) is 4.20. The maximum Gasteiger partial charge on any atom is 0.194 e. The minimum absolute atomic E-state index is 0.0340. The molecule has 1 unspecified atom stereocenters. The summed E-state index contributed by atoms with van der Waals surface area (Å²) in [7, 11) is 0. The van der Waals surface area contributed by atoms with Gasteiger partial charge in [0, 0.05) is 23.3 Å². The van der Waals surface area contributed by atoms with Gasteiger partial charge in [-0.15, -0.1) is 0 Å². The molecule has 92 valence electrons. The number of carbonyl (C=O) groups is 1. The number of rotatable bonds is 2. The van der Waals surface area contributed by atoms with Crippen molar-refractivity contribution < 1.29 is 14.3 Å². The molecule has 0 aliphatic carbocycles. The first-order chi connectivity index (χ1) is 8.86. The number of benzene rings is 1. The van der Waals surface area contributed by atoms with Gasteiger partial charge in [-0.25, -0.2) is 0 Å². The van der Waals surface area contributed by atoms with Crippen molar-refractivity contribution in [1.82, 2.24) is 4.98 Å². The number of pyridine rings is 1. The fourth-order valence-corrected chi connectivity index (χ4v) is 2.14. The Morgan fingerprint density at radius 1 is 1.28 bits per heavy atom. The molecule has 4 nitrogen and oxygen atoms in total. The molecule has 2 heterocycles. The fraction of sp³-hybridized carbons (Fsp3) is 0.286. The second kappa shape index (κ2) is 4.84. The van der Waals surface area contributed by atoms with Gasteiger partial charge in [0.2, 0.25) is 0 Å². The lowest BCUT2D eigenvalue weighted by Gasteiger charge is -2.22. The smallest absolute Gasteiger partial charge is 0.194 e. The molecule has 1 aromatic heterocycles. The molecule has 1 saturated heterocycles. The van der Waals surface area contributed by atoms with Crippen molar-refractivity contribution in [3.8, 4) is 0 Å². The molecule has 4 heteroatoms. The van der Waals surface area contributed by atoms with Crippen molar-refractivity contribution in [3.05, 3.63) is 42.2 Å². The predicted octanol–water partition coefficient (Wildman–Crippen LogP) is 1.83. The molecule has 0 saturated carbocycles. The highest BCUT2D eigenvalue weighted by Gasteiger charge is 2.25. The van der Waals surface area contributed by atoms with Crippen molar-refractivity contribution in [3.63, 3.8) is 0 Å². The molecule has 0 N–H and O–H groups in total. The van der Waals surface area contributed by atoms with Gasteiger partial charge in [-0.05, 0) is 11.5 Å². The number of fused-ring (bicyclic) bond motifs is 1. The standard InChI is InChI=1S/C14H13NO3/c16-14(13-9-17-6-7-18-13)11-3-1-2-10-4-5-15-8-12(10)11/h1-5,8,13H,6-7,9H2. The SMILES string of the molecule is O=C(c1cccc2ccncc12)C1COCCO1. The third kappa shape index (κ3) is 2.00. The quantitative estimate of drug-likeness (QED) is 0.755. The van der Waals surface area contributed by atoms with Gasteiger partial charge < -0.3 is 9.47 Å². The monoisotopic (exact) mass is 243 g/mol. The number of hydrogen-bond acceptors (Lipinski definition) is 4. The van der Waals surface area contributed by atoms with E-state index in [0.29, 0.717) is 25.4 Å². The Labute approximate surface area is 105 Å². The predicted molar refractivity (Wildman–Crippen MR) is 66.6 cm³/mol. The third-order valence-corrected chi connectivity index (χ3v) is 3.06. The van der Waals surface area contributed by atoms with Gasteiger partial charge in [0.05, 0.1) is 19.8 Å². The number of ether oxygens (including phenoxy) is 2. The zero-order chi connectivity index (χ0) is 12.4. The normalized spacial score (nSPS) is 19.9. The summed E-state index contributed by atoms with van der Waals surface area (Å²) in [6.45, 7) is 1.36. The van der Waals surface area contributed by atoms with Crippen molar-refractivity contribution in [1.29, 1.82) is 0 Å². The molecule has 0 radical (unpaired) electrons. The van der Waals surface area contributed by atoms with Gasteiger partial charge in [0.25, 0.3) is 0 Å². The van der Waals surface area contributed by atoms with E-state index in [1.165, 1.54) is 0 Å². The van der Waals surface area contributed by atoms with Crippen LogP contribution in [0.25, 0.3) is 10.8 Å². The molecule has 0 bridgehead atoms. The van der Waals surface area contributed by atoms with Crippen LogP contribution in [0.15, 0.2) is 36.7 Å². The van der Waals surface area contributed by atoms with Crippen LogP contribution in [-0.2, 0) is 9.47 Å². The Kier molecular flexibility index (Phi) is 3.04. The van der Waals surface area contributed by atoms with E-state index in [9.17, 15) is 4.79 Å². The number of hydrogen-bond donors (Lipinski definition) is 0. The van der Waals surface area contributed by atoms with E-state index in [0.717, 1.165) is 10.8 Å². The Morgan fingerprint density at radius 3 is 3.06 bits per heavy atom. The van der Waals surface area contributed by atoms with E-state index >= 15 is 0 Å². The van der Waals surface area contributed by atoms with Crippen LogP contribution in [0.2, 0.25) is 0 Å². The first-order valence-corrected chi connectivity index (χ1v) is 5.92. The van der Waals surface area contributed by atoms with Gasteiger partial charge in [-0.2, -0.15) is 0 Å². The Bertz CT molecular complexity index is 571. The summed E-state index contributed by atoms with van der Waals surface area (Å²) in [4.78, 5) is 16.5. The van der Waals surface area contributed by atoms with E-state index in [-0.39, 0.29) is 5.78 Å². The highest BCUT2D eigenvalue weighted by Crippen LogP contribution is 2.20. The van der Waals surface area contributed by atoms with Crippen molar-refractivity contribution in [2.24, 2.45) is 0 Å². The summed E-state index contributed by atoms with van der Waals surface area (Å²) in [5.74, 6) is -0.0340. The summed E-state index contributed by atoms with van der Waals surface area (Å²) >= 11 is 0. The first-order valence-electron chi connectivity index (χ1n) is 5.92. The number of aromatic nitrogens is 1. The minimum atomic E-state index is -0.496. The maximum atomic E-state index is 12.4. The van der Waals surface area contributed by atoms with E-state index < -0.39 is 6.10 Å². The third-order valence-electron chi connectivity index (χ3n) is 3.06. The van der Waals surface area contributed by atoms with Crippen molar-refractivity contribution in [2.45, 2.75) is 6.10 Å². The van der Waals surface area contributed by atoms with Crippen LogP contribution in [-0.4, -0.2) is 36.7 Å². The molecule has 0 spiro atoms. The Morgan fingerprint density at radius 2 is 2.22 bits per heavy atom. The zero-order valence-electron chi connectivity index (χ0n) is 9.83. The van der Waals surface area contributed by atoms with Crippen LogP contribution < -0.4 is 0 Å². The topological polar surface area (TPSA) is 48.4 Å². The van der Waals surface area contributed by atoms with Gasteiger partial charge in [-0.1, -0.05) is 18.2 Å². The highest BCUT2D eigenvalue weighted by atomic mass is 16.6. The molecule has 0 amide bonds. The lowest BCUT2D eigenvalue weighted by Crippen LogP contribution is -2.35. The summed E-state index contributed by atoms with van der Waals surface area (Å²) in [6, 6.07) is 7.54. The molecular formula is C14H13NO3. The van der Waals surface area contributed by atoms with Gasteiger partial charge in [0.1, 0.15) is 6.10 Å². The van der Waals surface area contributed by atoms with Crippen LogP contribution in [0.4, 0.5) is 0 Å². The number of nitrogens with zero attached hydrogens (tertiary/aromatic N) is 1. The van der Waals surface area contributed by atoms with E-state index in [1.54, 1.807) is 12.4 Å². The molecule has 2 aromatic rings. The maximum absolute atomic E-state index is 12.4. The minimum Gasteiger partial charge on any atom is -0.376 e. The lowest BCUT2D eigenvalue weighted by atomic mass is 10.0. The van der Waals surface area contributed by atoms with E-state index in [2.05, 4.69) is 4.98 Å². The van der Waals surface area contributed by atoms with Crippen molar-refractivity contribution >= 4 is 16.6 Å². The zero-order valence-corrected chi connectivity index (χ0v) is 9.83.